The highest BCUT2D eigenvalue weighted by atomic mass is 16.5. The molecule has 0 aromatic heterocycles. The van der Waals surface area contributed by atoms with Crippen molar-refractivity contribution in [3.63, 3.8) is 0 Å². The predicted octanol–water partition coefficient (Wildman–Crippen LogP) is 0.607. The Hall–Kier alpha value is -5.22. The number of nitrogens with two attached hydrogens (primary N) is 1. The predicted molar refractivity (Wildman–Crippen MR) is 196 cm³/mol. The van der Waals surface area contributed by atoms with E-state index in [1.807, 2.05) is 0 Å². The number of carbonyl (C=O) groups excluding carboxylic acids is 6. The number of methoxy groups -OCH3 is 2. The van der Waals surface area contributed by atoms with Crippen molar-refractivity contribution in [1.29, 1.82) is 0 Å². The molecule has 16 heteroatoms. The zero-order valence-corrected chi connectivity index (χ0v) is 31.7. The second kappa shape index (κ2) is 20.1. The molecule has 0 saturated heterocycles. The van der Waals surface area contributed by atoms with Gasteiger partial charge in [0.1, 0.15) is 29.6 Å². The lowest BCUT2D eigenvalue weighted by Gasteiger charge is -2.26. The minimum atomic E-state index is -1.20. The highest BCUT2D eigenvalue weighted by molar-refractivity contribution is 5.93. The number of ether oxygens (including phenoxy) is 2. The minimum Gasteiger partial charge on any atom is -0.507 e. The van der Waals surface area contributed by atoms with Gasteiger partial charge in [0.05, 0.1) is 20.3 Å². The van der Waals surface area contributed by atoms with Crippen LogP contribution in [0.4, 0.5) is 0 Å². The highest BCUT2D eigenvalue weighted by Gasteiger charge is 2.32. The molecule has 0 spiro atoms. The van der Waals surface area contributed by atoms with E-state index in [0.29, 0.717) is 11.1 Å². The highest BCUT2D eigenvalue weighted by Crippen LogP contribution is 2.37. The Labute approximate surface area is 309 Å². The van der Waals surface area contributed by atoms with E-state index in [1.54, 1.807) is 41.5 Å². The van der Waals surface area contributed by atoms with Crippen molar-refractivity contribution in [2.45, 2.75) is 84.7 Å². The van der Waals surface area contributed by atoms with Gasteiger partial charge >= 0.3 is 11.9 Å². The Morgan fingerprint density at radius 2 is 1.09 bits per heavy atom. The van der Waals surface area contributed by atoms with E-state index < -0.39 is 71.8 Å². The first-order chi connectivity index (χ1) is 24.8. The summed E-state index contributed by atoms with van der Waals surface area (Å²) in [5.74, 6) is -5.25. The van der Waals surface area contributed by atoms with Crippen LogP contribution < -0.4 is 32.3 Å². The lowest BCUT2D eigenvalue weighted by atomic mass is 9.94. The number of amides is 4. The Balaban J connectivity index is 2.53. The number of benzene rings is 2. The SMILES string of the molecule is CN[C@H](NC(=O)[C@H](Cc1ccc(O)c(-c2cc(CC(NC(=O)[C@H](N)C(C)C)C(=O)NC(C(=O)OC)C(C)C)ccc2O)c1)NC(=O)C(C)C)C(=O)OC. The summed E-state index contributed by atoms with van der Waals surface area (Å²) in [5, 5.41) is 35.1. The van der Waals surface area contributed by atoms with Crippen molar-refractivity contribution < 1.29 is 48.5 Å². The second-order valence-electron chi connectivity index (χ2n) is 13.7. The van der Waals surface area contributed by atoms with Crippen molar-refractivity contribution in [3.8, 4) is 22.6 Å². The third kappa shape index (κ3) is 12.5. The van der Waals surface area contributed by atoms with Gasteiger partial charge in [0.2, 0.25) is 23.6 Å². The van der Waals surface area contributed by atoms with Crippen LogP contribution in [0.5, 0.6) is 11.5 Å². The first-order valence-electron chi connectivity index (χ1n) is 17.3. The van der Waals surface area contributed by atoms with Gasteiger partial charge < -0.3 is 46.7 Å². The van der Waals surface area contributed by atoms with Gasteiger partial charge in [0.25, 0.3) is 0 Å². The molecular weight excluding hydrogens is 688 g/mol. The zero-order valence-electron chi connectivity index (χ0n) is 31.7. The van der Waals surface area contributed by atoms with E-state index in [-0.39, 0.29) is 47.3 Å². The number of hydrogen-bond acceptors (Lipinski definition) is 12. The first kappa shape index (κ1) is 43.9. The number of rotatable bonds is 18. The smallest absolute Gasteiger partial charge is 0.343 e. The van der Waals surface area contributed by atoms with E-state index in [4.69, 9.17) is 15.2 Å². The van der Waals surface area contributed by atoms with Crippen LogP contribution in [-0.4, -0.2) is 97.4 Å². The molecule has 0 bridgehead atoms. The molecular formula is C37H54N6O10. The van der Waals surface area contributed by atoms with Crippen molar-refractivity contribution in [2.75, 3.05) is 21.3 Å². The summed E-state index contributed by atoms with van der Waals surface area (Å²) in [6.07, 6.45) is -1.36. The summed E-state index contributed by atoms with van der Waals surface area (Å²) in [5.41, 5.74) is 7.32. The van der Waals surface area contributed by atoms with Crippen LogP contribution in [0.2, 0.25) is 0 Å². The normalized spacial score (nSPS) is 14.1. The van der Waals surface area contributed by atoms with Gasteiger partial charge in [-0.3, -0.25) is 24.5 Å². The van der Waals surface area contributed by atoms with Gasteiger partial charge in [-0.05, 0) is 54.3 Å². The topological polar surface area (TPSA) is 248 Å². The number of phenolic OH excluding ortho intramolecular Hbond substituents is 2. The fourth-order valence-corrected chi connectivity index (χ4v) is 5.14. The van der Waals surface area contributed by atoms with E-state index >= 15 is 0 Å². The molecule has 5 atom stereocenters. The van der Waals surface area contributed by atoms with Crippen molar-refractivity contribution in [2.24, 2.45) is 23.5 Å². The van der Waals surface area contributed by atoms with Crippen LogP contribution >= 0.6 is 0 Å². The molecule has 0 aliphatic rings. The lowest BCUT2D eigenvalue weighted by Crippen LogP contribution is -2.57. The molecule has 0 radical (unpaired) electrons. The molecule has 53 heavy (non-hydrogen) atoms. The standard InChI is InChI=1S/C37H54N6O10/c1-18(2)29(38)35(49)41-25(33(47)42-30(19(3)4)36(50)52-8)16-21-10-12-27(44)23(14-21)24-15-22(11-13-28(24)45)17-26(40-32(46)20(5)6)34(48)43-31(39-7)37(51)53-9/h10-15,18-20,25-26,29-31,39,44-45H,16-17,38H2,1-9H3,(H,40,46)(H,41,49)(H,42,47)(H,43,48)/t25?,26-,29+,30?,31+/m0/s1. The van der Waals surface area contributed by atoms with Crippen molar-refractivity contribution in [1.82, 2.24) is 26.6 Å². The van der Waals surface area contributed by atoms with Crippen molar-refractivity contribution in [3.05, 3.63) is 47.5 Å². The van der Waals surface area contributed by atoms with Crippen LogP contribution in [0.1, 0.15) is 52.7 Å². The number of esters is 2. The molecule has 2 aromatic rings. The third-order valence-electron chi connectivity index (χ3n) is 8.53. The van der Waals surface area contributed by atoms with Gasteiger partial charge in [-0.25, -0.2) is 9.59 Å². The molecule has 292 valence electrons. The van der Waals surface area contributed by atoms with Gasteiger partial charge in [0.15, 0.2) is 6.17 Å². The van der Waals surface area contributed by atoms with E-state index in [2.05, 4.69) is 26.6 Å². The Morgan fingerprint density at radius 1 is 0.642 bits per heavy atom. The van der Waals surface area contributed by atoms with Gasteiger partial charge in [-0.15, -0.1) is 0 Å². The molecule has 0 heterocycles. The fraction of sp³-hybridized carbons (Fsp3) is 0.514. The summed E-state index contributed by atoms with van der Waals surface area (Å²) in [6.45, 7) is 10.3. The minimum absolute atomic E-state index is 0.0722. The Morgan fingerprint density at radius 3 is 1.49 bits per heavy atom. The van der Waals surface area contributed by atoms with Crippen LogP contribution in [0.15, 0.2) is 36.4 Å². The first-order valence-corrected chi connectivity index (χ1v) is 17.3. The molecule has 9 N–H and O–H groups in total. The van der Waals surface area contributed by atoms with Gasteiger partial charge in [-0.1, -0.05) is 53.7 Å². The number of phenols is 2. The maximum atomic E-state index is 13.6. The molecule has 0 fully saturated rings. The molecule has 0 aliphatic heterocycles. The fourth-order valence-electron chi connectivity index (χ4n) is 5.14. The number of likely N-dealkylation sites (N-methyl/N-ethyl adjacent to an activating group) is 1. The maximum absolute atomic E-state index is 13.6. The summed E-state index contributed by atoms with van der Waals surface area (Å²) in [7, 11) is 3.82. The lowest BCUT2D eigenvalue weighted by molar-refractivity contribution is -0.147. The van der Waals surface area contributed by atoms with E-state index in [1.165, 1.54) is 57.7 Å². The number of nitrogens with one attached hydrogen (secondary N) is 5. The van der Waals surface area contributed by atoms with E-state index in [9.17, 15) is 39.0 Å². The second-order valence-corrected chi connectivity index (χ2v) is 13.7. The van der Waals surface area contributed by atoms with Gasteiger partial charge in [-0.2, -0.15) is 0 Å². The largest absolute Gasteiger partial charge is 0.507 e. The van der Waals surface area contributed by atoms with Crippen LogP contribution in [-0.2, 0) is 51.1 Å². The molecule has 2 unspecified atom stereocenters. The average Bonchev–Trinajstić information content (AvgIpc) is 3.12. The van der Waals surface area contributed by atoms with Crippen LogP contribution in [0.25, 0.3) is 11.1 Å². The third-order valence-corrected chi connectivity index (χ3v) is 8.53. The summed E-state index contributed by atoms with van der Waals surface area (Å²) in [6, 6.07) is 4.59. The molecule has 0 aliphatic carbocycles. The number of carbonyl (C=O) groups is 6. The summed E-state index contributed by atoms with van der Waals surface area (Å²) in [4.78, 5) is 77.1. The van der Waals surface area contributed by atoms with Crippen molar-refractivity contribution >= 4 is 35.6 Å². The molecule has 0 saturated carbocycles. The van der Waals surface area contributed by atoms with Crippen LogP contribution in [0.3, 0.4) is 0 Å². The Kier molecular flexibility index (Phi) is 16.7. The molecule has 4 amide bonds. The molecule has 2 aromatic carbocycles. The number of aromatic hydroxyl groups is 2. The van der Waals surface area contributed by atoms with Crippen LogP contribution in [0, 0.1) is 17.8 Å². The number of hydrogen-bond donors (Lipinski definition) is 8. The summed E-state index contributed by atoms with van der Waals surface area (Å²) < 4.78 is 9.56. The quantitative estimate of drug-likeness (QED) is 0.0773. The maximum Gasteiger partial charge on any atom is 0.343 e. The molecule has 16 nitrogen and oxygen atoms in total. The summed E-state index contributed by atoms with van der Waals surface area (Å²) >= 11 is 0. The van der Waals surface area contributed by atoms with Gasteiger partial charge in [0, 0.05) is 29.9 Å². The zero-order chi connectivity index (χ0) is 40.2. The van der Waals surface area contributed by atoms with E-state index in [0.717, 1.165) is 0 Å². The molecule has 2 rings (SSSR count). The Bertz CT molecular complexity index is 1630. The monoisotopic (exact) mass is 742 g/mol. The average molecular weight is 743 g/mol.